The fraction of sp³-hybridized carbons (Fsp3) is 0.320. The lowest BCUT2D eigenvalue weighted by Gasteiger charge is -2.27. The molecule has 0 spiro atoms. The third kappa shape index (κ3) is 4.90. The van der Waals surface area contributed by atoms with E-state index in [2.05, 4.69) is 5.10 Å². The topological polar surface area (TPSA) is 73.7 Å². The second kappa shape index (κ2) is 10.1. The predicted octanol–water partition coefficient (Wildman–Crippen LogP) is 4.23. The van der Waals surface area contributed by atoms with Crippen LogP contribution in [0, 0.1) is 6.92 Å². The molecule has 1 amide bonds. The normalized spacial score (nSPS) is 13.1. The SMILES string of the molecule is COc1ccc(CCCC(=O)CN2C(=O)CSc3c2c(C)nn3-c2ccccc2)cc1OC. The average molecular weight is 466 g/mol. The van der Waals surface area contributed by atoms with E-state index in [1.165, 1.54) is 11.8 Å². The zero-order valence-corrected chi connectivity index (χ0v) is 19.9. The number of thioether (sulfide) groups is 1. The lowest BCUT2D eigenvalue weighted by Crippen LogP contribution is -2.39. The number of benzene rings is 2. The Morgan fingerprint density at radius 3 is 2.58 bits per heavy atom. The minimum atomic E-state index is -0.0588. The van der Waals surface area contributed by atoms with Gasteiger partial charge >= 0.3 is 0 Å². The van der Waals surface area contributed by atoms with E-state index in [1.807, 2.05) is 60.1 Å². The van der Waals surface area contributed by atoms with Crippen LogP contribution in [-0.4, -0.2) is 48.0 Å². The molecule has 0 aliphatic carbocycles. The molecule has 2 aromatic carbocycles. The largest absolute Gasteiger partial charge is 0.493 e. The number of methoxy groups -OCH3 is 2. The highest BCUT2D eigenvalue weighted by Crippen LogP contribution is 2.39. The van der Waals surface area contributed by atoms with Crippen molar-refractivity contribution in [3.05, 3.63) is 59.8 Å². The van der Waals surface area contributed by atoms with Crippen LogP contribution >= 0.6 is 11.8 Å². The third-order valence-corrected chi connectivity index (χ3v) is 6.63. The zero-order valence-electron chi connectivity index (χ0n) is 19.0. The van der Waals surface area contributed by atoms with Gasteiger partial charge in [-0.3, -0.25) is 9.59 Å². The molecule has 0 fully saturated rings. The predicted molar refractivity (Wildman–Crippen MR) is 129 cm³/mol. The molecule has 1 aliphatic rings. The number of nitrogens with zero attached hydrogens (tertiary/aromatic N) is 3. The molecular formula is C25H27N3O4S. The molecule has 33 heavy (non-hydrogen) atoms. The second-order valence-corrected chi connectivity index (χ2v) is 8.80. The first-order valence-electron chi connectivity index (χ1n) is 10.8. The van der Waals surface area contributed by atoms with Gasteiger partial charge in [-0.1, -0.05) is 36.0 Å². The Bertz CT molecular complexity index is 1160. The van der Waals surface area contributed by atoms with Gasteiger partial charge in [-0.05, 0) is 49.6 Å². The van der Waals surface area contributed by atoms with E-state index in [-0.39, 0.29) is 18.2 Å². The zero-order chi connectivity index (χ0) is 23.4. The monoisotopic (exact) mass is 465 g/mol. The van der Waals surface area contributed by atoms with E-state index in [0.29, 0.717) is 30.1 Å². The molecule has 2 heterocycles. The lowest BCUT2D eigenvalue weighted by molar-refractivity contribution is -0.121. The molecule has 0 saturated carbocycles. The number of hydrogen-bond acceptors (Lipinski definition) is 6. The van der Waals surface area contributed by atoms with Gasteiger partial charge in [0.1, 0.15) is 5.03 Å². The number of hydrogen-bond donors (Lipinski definition) is 0. The van der Waals surface area contributed by atoms with Crippen molar-refractivity contribution in [3.63, 3.8) is 0 Å². The van der Waals surface area contributed by atoms with Gasteiger partial charge in [0.2, 0.25) is 5.91 Å². The highest BCUT2D eigenvalue weighted by Gasteiger charge is 2.32. The van der Waals surface area contributed by atoms with E-state index in [0.717, 1.165) is 34.1 Å². The van der Waals surface area contributed by atoms with Gasteiger partial charge < -0.3 is 14.4 Å². The van der Waals surface area contributed by atoms with Crippen LogP contribution in [0.1, 0.15) is 24.1 Å². The fourth-order valence-corrected chi connectivity index (χ4v) is 5.04. The molecule has 0 saturated heterocycles. The Hall–Kier alpha value is -3.26. The minimum absolute atomic E-state index is 0.0357. The number of para-hydroxylation sites is 1. The van der Waals surface area contributed by atoms with Gasteiger partial charge in [-0.25, -0.2) is 4.68 Å². The van der Waals surface area contributed by atoms with Crippen molar-refractivity contribution >= 4 is 29.1 Å². The summed E-state index contributed by atoms with van der Waals surface area (Å²) >= 11 is 1.47. The first kappa shape index (κ1) is 22.9. The second-order valence-electron chi connectivity index (χ2n) is 7.84. The van der Waals surface area contributed by atoms with Gasteiger partial charge in [0.15, 0.2) is 17.3 Å². The van der Waals surface area contributed by atoms with Crippen LogP contribution in [-0.2, 0) is 16.0 Å². The molecule has 0 bridgehead atoms. The van der Waals surface area contributed by atoms with Crippen LogP contribution in [0.2, 0.25) is 0 Å². The van der Waals surface area contributed by atoms with Crippen molar-refractivity contribution in [2.24, 2.45) is 0 Å². The van der Waals surface area contributed by atoms with E-state index in [4.69, 9.17) is 9.47 Å². The minimum Gasteiger partial charge on any atom is -0.493 e. The standard InChI is InChI=1S/C25H27N3O4S/c1-17-24-25(28(26-17)19-9-5-4-6-10-19)33-16-23(30)27(24)15-20(29)11-7-8-18-12-13-21(31-2)22(14-18)32-3/h4-6,9-10,12-14H,7-8,11,15-16H2,1-3H3. The smallest absolute Gasteiger partial charge is 0.237 e. The molecule has 4 rings (SSSR count). The van der Waals surface area contributed by atoms with Crippen molar-refractivity contribution in [2.45, 2.75) is 31.2 Å². The van der Waals surface area contributed by atoms with Crippen LogP contribution in [0.25, 0.3) is 5.69 Å². The summed E-state index contributed by atoms with van der Waals surface area (Å²) in [7, 11) is 3.21. The number of amides is 1. The highest BCUT2D eigenvalue weighted by atomic mass is 32.2. The van der Waals surface area contributed by atoms with Gasteiger partial charge in [0.05, 0.1) is 43.6 Å². The molecule has 3 aromatic rings. The number of fused-ring (bicyclic) bond motifs is 1. The summed E-state index contributed by atoms with van der Waals surface area (Å²) in [5, 5.41) is 5.55. The Labute approximate surface area is 197 Å². The molecule has 7 nitrogen and oxygen atoms in total. The summed E-state index contributed by atoms with van der Waals surface area (Å²) in [5.41, 5.74) is 3.50. The van der Waals surface area contributed by atoms with Crippen LogP contribution in [0.15, 0.2) is 53.6 Å². The Kier molecular flexibility index (Phi) is 7.03. The van der Waals surface area contributed by atoms with Crippen LogP contribution in [0.4, 0.5) is 5.69 Å². The molecule has 0 radical (unpaired) electrons. The number of Topliss-reactive ketones (excluding diaryl/α,β-unsaturated/α-hetero) is 1. The Morgan fingerprint density at radius 2 is 1.85 bits per heavy atom. The summed E-state index contributed by atoms with van der Waals surface area (Å²) in [4.78, 5) is 27.1. The summed E-state index contributed by atoms with van der Waals surface area (Å²) < 4.78 is 12.5. The van der Waals surface area contributed by atoms with Crippen LogP contribution in [0.5, 0.6) is 11.5 Å². The summed E-state index contributed by atoms with van der Waals surface area (Å²) in [6, 6.07) is 15.6. The third-order valence-electron chi connectivity index (χ3n) is 5.60. The first-order chi connectivity index (χ1) is 16.0. The van der Waals surface area contributed by atoms with Gasteiger partial charge in [0.25, 0.3) is 0 Å². The number of aromatic nitrogens is 2. The number of rotatable bonds is 9. The molecule has 0 N–H and O–H groups in total. The van der Waals surface area contributed by atoms with E-state index < -0.39 is 0 Å². The highest BCUT2D eigenvalue weighted by molar-refractivity contribution is 8.00. The maximum atomic E-state index is 12.8. The molecule has 172 valence electrons. The number of aryl methyl sites for hydroxylation is 2. The molecule has 0 unspecified atom stereocenters. The van der Waals surface area contributed by atoms with Gasteiger partial charge in [-0.2, -0.15) is 5.10 Å². The maximum absolute atomic E-state index is 12.8. The number of carbonyl (C=O) groups excluding carboxylic acids is 2. The quantitative estimate of drug-likeness (QED) is 0.471. The van der Waals surface area contributed by atoms with Crippen LogP contribution < -0.4 is 14.4 Å². The van der Waals surface area contributed by atoms with Gasteiger partial charge in [-0.15, -0.1) is 0 Å². The van der Waals surface area contributed by atoms with Gasteiger partial charge in [0, 0.05) is 6.42 Å². The van der Waals surface area contributed by atoms with Crippen molar-refractivity contribution in [2.75, 3.05) is 31.4 Å². The fourth-order valence-electron chi connectivity index (χ4n) is 3.96. The van der Waals surface area contributed by atoms with Crippen molar-refractivity contribution in [3.8, 4) is 17.2 Å². The molecule has 8 heteroatoms. The van der Waals surface area contributed by atoms with E-state index in [1.54, 1.807) is 19.1 Å². The molecule has 0 atom stereocenters. The van der Waals surface area contributed by atoms with Crippen molar-refractivity contribution < 1.29 is 19.1 Å². The summed E-state index contributed by atoms with van der Waals surface area (Å²) in [6.07, 6.45) is 1.83. The first-order valence-corrected chi connectivity index (χ1v) is 11.8. The Morgan fingerprint density at radius 1 is 1.09 bits per heavy atom. The number of carbonyl (C=O) groups is 2. The van der Waals surface area contributed by atoms with Crippen LogP contribution in [0.3, 0.4) is 0 Å². The summed E-state index contributed by atoms with van der Waals surface area (Å²) in [5.74, 6) is 1.63. The van der Waals surface area contributed by atoms with E-state index >= 15 is 0 Å². The lowest BCUT2D eigenvalue weighted by atomic mass is 10.1. The molecule has 1 aromatic heterocycles. The number of ketones is 1. The number of ether oxygens (including phenoxy) is 2. The average Bonchev–Trinajstić information content (AvgIpc) is 3.17. The van der Waals surface area contributed by atoms with Crippen molar-refractivity contribution in [1.82, 2.24) is 9.78 Å². The summed E-state index contributed by atoms with van der Waals surface area (Å²) in [6.45, 7) is 1.95. The van der Waals surface area contributed by atoms with E-state index in [9.17, 15) is 9.59 Å². The number of anilines is 1. The molecule has 1 aliphatic heterocycles. The Balaban J connectivity index is 1.43. The molecular weight excluding hydrogens is 438 g/mol. The van der Waals surface area contributed by atoms with Crippen molar-refractivity contribution in [1.29, 1.82) is 0 Å². The maximum Gasteiger partial charge on any atom is 0.237 e.